The summed E-state index contributed by atoms with van der Waals surface area (Å²) in [6.07, 6.45) is 2.99. The van der Waals surface area contributed by atoms with Crippen molar-refractivity contribution in [3.63, 3.8) is 0 Å². The summed E-state index contributed by atoms with van der Waals surface area (Å²) >= 11 is 1.28. The molecule has 1 aliphatic rings. The molecule has 2 heterocycles. The van der Waals surface area contributed by atoms with Gasteiger partial charge < -0.3 is 14.6 Å². The lowest BCUT2D eigenvalue weighted by Gasteiger charge is -2.10. The van der Waals surface area contributed by atoms with Crippen LogP contribution in [0, 0.1) is 0 Å². The summed E-state index contributed by atoms with van der Waals surface area (Å²) in [5.41, 5.74) is 0. The number of rotatable bonds is 5. The van der Waals surface area contributed by atoms with Crippen LogP contribution in [0.2, 0.25) is 0 Å². The van der Waals surface area contributed by atoms with E-state index in [0.717, 1.165) is 30.7 Å². The molecule has 0 bridgehead atoms. The molecule has 1 saturated heterocycles. The summed E-state index contributed by atoms with van der Waals surface area (Å²) < 4.78 is 11.0. The maximum absolute atomic E-state index is 11.0. The minimum absolute atomic E-state index is 0.113. The molecule has 1 aromatic rings. The van der Waals surface area contributed by atoms with Crippen molar-refractivity contribution in [2.45, 2.75) is 32.3 Å². The van der Waals surface area contributed by atoms with Crippen molar-refractivity contribution in [3.05, 3.63) is 15.8 Å². The monoisotopic (exact) mass is 256 g/mol. The number of carboxylic acid groups (broad SMARTS) is 1. The Hall–Kier alpha value is -1.07. The minimum atomic E-state index is -0.919. The van der Waals surface area contributed by atoms with Crippen LogP contribution in [-0.2, 0) is 11.2 Å². The molecule has 0 aliphatic carbocycles. The third-order valence-corrected chi connectivity index (χ3v) is 3.99. The molecule has 1 unspecified atom stereocenters. The highest BCUT2D eigenvalue weighted by atomic mass is 32.1. The Bertz CT molecular complexity index is 393. The SMILES string of the molecule is CCc1cc(OCC2CCCO2)c(C(=O)O)s1. The number of carboxylic acids is 1. The number of hydrogen-bond donors (Lipinski definition) is 1. The van der Waals surface area contributed by atoms with E-state index in [0.29, 0.717) is 17.2 Å². The van der Waals surface area contributed by atoms with Crippen molar-refractivity contribution in [2.24, 2.45) is 0 Å². The first-order valence-electron chi connectivity index (χ1n) is 5.81. The van der Waals surface area contributed by atoms with Crippen LogP contribution in [0.4, 0.5) is 0 Å². The van der Waals surface area contributed by atoms with E-state index in [-0.39, 0.29) is 6.10 Å². The fourth-order valence-electron chi connectivity index (χ4n) is 1.81. The molecule has 0 aromatic carbocycles. The van der Waals surface area contributed by atoms with Gasteiger partial charge in [-0.2, -0.15) is 0 Å². The van der Waals surface area contributed by atoms with Gasteiger partial charge >= 0.3 is 5.97 Å². The Morgan fingerprint density at radius 1 is 1.71 bits per heavy atom. The lowest BCUT2D eigenvalue weighted by Crippen LogP contribution is -2.16. The maximum Gasteiger partial charge on any atom is 0.349 e. The van der Waals surface area contributed by atoms with Gasteiger partial charge in [0.15, 0.2) is 4.88 Å². The van der Waals surface area contributed by atoms with Crippen LogP contribution < -0.4 is 4.74 Å². The van der Waals surface area contributed by atoms with Crippen LogP contribution in [0.3, 0.4) is 0 Å². The molecule has 17 heavy (non-hydrogen) atoms. The molecule has 94 valence electrons. The first kappa shape index (κ1) is 12.4. The number of carbonyl (C=O) groups is 1. The maximum atomic E-state index is 11.0. The lowest BCUT2D eigenvalue weighted by atomic mass is 10.2. The molecule has 4 nitrogen and oxygen atoms in total. The third-order valence-electron chi connectivity index (χ3n) is 2.74. The fourth-order valence-corrected chi connectivity index (χ4v) is 2.69. The van der Waals surface area contributed by atoms with E-state index in [1.54, 1.807) is 0 Å². The summed E-state index contributed by atoms with van der Waals surface area (Å²) in [6.45, 7) is 3.23. The second kappa shape index (κ2) is 5.51. The summed E-state index contributed by atoms with van der Waals surface area (Å²) in [5, 5.41) is 9.07. The Balaban J connectivity index is 2.02. The standard InChI is InChI=1S/C12H16O4S/c1-2-9-6-10(11(17-9)12(13)14)16-7-8-4-3-5-15-8/h6,8H,2-5,7H2,1H3,(H,13,14). The fraction of sp³-hybridized carbons (Fsp3) is 0.583. The first-order valence-corrected chi connectivity index (χ1v) is 6.62. The quantitative estimate of drug-likeness (QED) is 0.879. The number of hydrogen-bond acceptors (Lipinski definition) is 4. The van der Waals surface area contributed by atoms with E-state index in [2.05, 4.69) is 0 Å². The average Bonchev–Trinajstić information content (AvgIpc) is 2.95. The topological polar surface area (TPSA) is 55.8 Å². The molecule has 1 fully saturated rings. The molecule has 0 radical (unpaired) electrons. The van der Waals surface area contributed by atoms with Crippen molar-refractivity contribution < 1.29 is 19.4 Å². The van der Waals surface area contributed by atoms with Crippen LogP contribution >= 0.6 is 11.3 Å². The summed E-state index contributed by atoms with van der Waals surface area (Å²) in [7, 11) is 0. The van der Waals surface area contributed by atoms with Crippen molar-refractivity contribution in [3.8, 4) is 5.75 Å². The molecule has 1 aromatic heterocycles. The Labute approximate surface area is 104 Å². The van der Waals surface area contributed by atoms with Crippen molar-refractivity contribution in [1.82, 2.24) is 0 Å². The van der Waals surface area contributed by atoms with Gasteiger partial charge in [0, 0.05) is 11.5 Å². The van der Waals surface area contributed by atoms with Crippen LogP contribution in [0.5, 0.6) is 5.75 Å². The molecule has 0 saturated carbocycles. The lowest BCUT2D eigenvalue weighted by molar-refractivity contribution is 0.0635. The zero-order valence-electron chi connectivity index (χ0n) is 9.77. The third kappa shape index (κ3) is 2.98. The van der Waals surface area contributed by atoms with E-state index in [1.165, 1.54) is 11.3 Å². The van der Waals surface area contributed by atoms with Crippen molar-refractivity contribution in [2.75, 3.05) is 13.2 Å². The van der Waals surface area contributed by atoms with E-state index in [4.69, 9.17) is 14.6 Å². The second-order valence-electron chi connectivity index (χ2n) is 4.01. The van der Waals surface area contributed by atoms with Crippen molar-refractivity contribution >= 4 is 17.3 Å². The molecule has 0 spiro atoms. The number of ether oxygens (including phenoxy) is 2. The highest BCUT2D eigenvalue weighted by molar-refractivity contribution is 7.14. The average molecular weight is 256 g/mol. The van der Waals surface area contributed by atoms with Crippen molar-refractivity contribution in [1.29, 1.82) is 0 Å². The van der Waals surface area contributed by atoms with Crippen LogP contribution in [0.25, 0.3) is 0 Å². The van der Waals surface area contributed by atoms with Gasteiger partial charge in [0.1, 0.15) is 12.4 Å². The predicted molar refractivity (Wildman–Crippen MR) is 65.1 cm³/mol. The van der Waals surface area contributed by atoms with Gasteiger partial charge in [0.05, 0.1) is 6.10 Å². The van der Waals surface area contributed by atoms with E-state index in [9.17, 15) is 4.79 Å². The van der Waals surface area contributed by atoms with Gasteiger partial charge in [-0.3, -0.25) is 0 Å². The molecule has 0 amide bonds. The van der Waals surface area contributed by atoms with E-state index < -0.39 is 5.97 Å². The first-order chi connectivity index (χ1) is 8.20. The normalized spacial score (nSPS) is 19.5. The zero-order valence-corrected chi connectivity index (χ0v) is 10.6. The molecule has 1 aliphatic heterocycles. The van der Waals surface area contributed by atoms with Crippen LogP contribution in [-0.4, -0.2) is 30.4 Å². The molecule has 5 heteroatoms. The van der Waals surface area contributed by atoms with Crippen LogP contribution in [0.15, 0.2) is 6.07 Å². The van der Waals surface area contributed by atoms with Gasteiger partial charge in [-0.1, -0.05) is 6.92 Å². The minimum Gasteiger partial charge on any atom is -0.489 e. The summed E-state index contributed by atoms with van der Waals surface area (Å²) in [4.78, 5) is 12.4. The molecule has 1 atom stereocenters. The highest BCUT2D eigenvalue weighted by Crippen LogP contribution is 2.30. The van der Waals surface area contributed by atoms with Gasteiger partial charge in [-0.25, -0.2) is 4.79 Å². The molecule has 2 rings (SSSR count). The Morgan fingerprint density at radius 3 is 3.12 bits per heavy atom. The Kier molecular flexibility index (Phi) is 4.02. The Morgan fingerprint density at radius 2 is 2.53 bits per heavy atom. The zero-order chi connectivity index (χ0) is 12.3. The van der Waals surface area contributed by atoms with Gasteiger partial charge in [0.25, 0.3) is 0 Å². The van der Waals surface area contributed by atoms with Crippen LogP contribution in [0.1, 0.15) is 34.3 Å². The van der Waals surface area contributed by atoms with Gasteiger partial charge in [-0.15, -0.1) is 11.3 Å². The molecule has 1 N–H and O–H groups in total. The summed E-state index contributed by atoms with van der Waals surface area (Å²) in [5.74, 6) is -0.438. The number of thiophene rings is 1. The largest absolute Gasteiger partial charge is 0.489 e. The second-order valence-corrected chi connectivity index (χ2v) is 5.15. The summed E-state index contributed by atoms with van der Waals surface area (Å²) in [6, 6.07) is 1.82. The van der Waals surface area contributed by atoms with E-state index in [1.807, 2.05) is 13.0 Å². The molecular formula is C12H16O4S. The van der Waals surface area contributed by atoms with Gasteiger partial charge in [0.2, 0.25) is 0 Å². The smallest absolute Gasteiger partial charge is 0.349 e. The molecular weight excluding hydrogens is 240 g/mol. The predicted octanol–water partition coefficient (Wildman–Crippen LogP) is 2.57. The number of aryl methyl sites for hydroxylation is 1. The van der Waals surface area contributed by atoms with Gasteiger partial charge in [-0.05, 0) is 25.3 Å². The van der Waals surface area contributed by atoms with E-state index >= 15 is 0 Å². The number of aromatic carboxylic acids is 1. The highest BCUT2D eigenvalue weighted by Gasteiger charge is 2.20.